The van der Waals surface area contributed by atoms with Gasteiger partial charge in [-0.25, -0.2) is 4.79 Å². The van der Waals surface area contributed by atoms with E-state index in [1.807, 2.05) is 0 Å². The predicted octanol–water partition coefficient (Wildman–Crippen LogP) is 0.535. The van der Waals surface area contributed by atoms with Gasteiger partial charge in [0.15, 0.2) is 0 Å². The molecule has 8 nitrogen and oxygen atoms in total. The Balaban J connectivity index is 2.32. The minimum Gasteiger partial charge on any atom is -0.478 e. The summed E-state index contributed by atoms with van der Waals surface area (Å²) in [4.78, 5) is 46.7. The van der Waals surface area contributed by atoms with Crippen molar-refractivity contribution in [1.82, 2.24) is 10.6 Å². The van der Waals surface area contributed by atoms with Crippen molar-refractivity contribution in [2.45, 2.75) is 25.8 Å². The molecular weight excluding hydrogens is 314 g/mol. The number of rotatable bonds is 4. The topological polar surface area (TPSA) is 139 Å². The Hall–Kier alpha value is -3.16. The Morgan fingerprint density at radius 2 is 2.08 bits per heavy atom. The number of nitrogen functional groups attached to an aromatic ring is 1. The Morgan fingerprint density at radius 1 is 1.38 bits per heavy atom. The molecule has 0 radical (unpaired) electrons. The lowest BCUT2D eigenvalue weighted by atomic mass is 9.99. The van der Waals surface area contributed by atoms with Crippen LogP contribution in [-0.4, -0.2) is 34.8 Å². The van der Waals surface area contributed by atoms with Crippen LogP contribution in [0.15, 0.2) is 18.2 Å². The van der Waals surface area contributed by atoms with Crippen molar-refractivity contribution in [3.8, 4) is 0 Å². The molecule has 1 aromatic carbocycles. The van der Waals surface area contributed by atoms with Gasteiger partial charge in [-0.15, -0.1) is 0 Å². The molecule has 8 heteroatoms. The average molecular weight is 331 g/mol. The lowest BCUT2D eigenvalue weighted by Crippen LogP contribution is -2.52. The second kappa shape index (κ2) is 6.95. The van der Waals surface area contributed by atoms with Crippen molar-refractivity contribution >= 4 is 35.5 Å². The number of carbonyl (C=O) groups excluding carboxylic acids is 3. The van der Waals surface area contributed by atoms with Gasteiger partial charge in [-0.1, -0.05) is 18.2 Å². The average Bonchev–Trinajstić information content (AvgIpc) is 2.51. The lowest BCUT2D eigenvalue weighted by molar-refractivity contribution is -0.134. The molecule has 24 heavy (non-hydrogen) atoms. The summed E-state index contributed by atoms with van der Waals surface area (Å²) in [5, 5.41) is 13.9. The van der Waals surface area contributed by atoms with Gasteiger partial charge < -0.3 is 16.2 Å². The van der Waals surface area contributed by atoms with Gasteiger partial charge in [0.05, 0.1) is 16.8 Å². The van der Waals surface area contributed by atoms with E-state index in [1.165, 1.54) is 12.1 Å². The fourth-order valence-electron chi connectivity index (χ4n) is 2.45. The van der Waals surface area contributed by atoms with E-state index in [-0.39, 0.29) is 29.7 Å². The standard InChI is InChI=1S/C16H17N3O5/c1-2-3-8-4-5-9(12(13(8)17)16(23)24)14(21)18-10-6-7-11(20)19-15(10)22/h2-5,10H,6-7,17H2,1H3,(H,18,21)(H,23,24)(H,19,20,22)/b3-2-. The number of hydrogen-bond acceptors (Lipinski definition) is 5. The van der Waals surface area contributed by atoms with Crippen LogP contribution in [0.25, 0.3) is 6.08 Å². The molecule has 1 saturated heterocycles. The van der Waals surface area contributed by atoms with Crippen LogP contribution in [0.2, 0.25) is 0 Å². The zero-order valence-electron chi connectivity index (χ0n) is 13.0. The highest BCUT2D eigenvalue weighted by atomic mass is 16.4. The number of carboxylic acids is 1. The molecule has 1 aromatic rings. The first-order chi connectivity index (χ1) is 11.3. The molecule has 0 aliphatic carbocycles. The number of carboxylic acid groups (broad SMARTS) is 1. The molecule has 1 fully saturated rings. The second-order valence-electron chi connectivity index (χ2n) is 5.27. The number of carbonyl (C=O) groups is 4. The van der Waals surface area contributed by atoms with Crippen LogP contribution < -0.4 is 16.4 Å². The minimum absolute atomic E-state index is 0.0310. The number of nitrogens with one attached hydrogen (secondary N) is 2. The second-order valence-corrected chi connectivity index (χ2v) is 5.27. The molecule has 1 heterocycles. The van der Waals surface area contributed by atoms with Crippen molar-refractivity contribution in [3.63, 3.8) is 0 Å². The molecule has 0 bridgehead atoms. The van der Waals surface area contributed by atoms with Crippen molar-refractivity contribution in [2.24, 2.45) is 0 Å². The van der Waals surface area contributed by atoms with Gasteiger partial charge in [0, 0.05) is 6.42 Å². The van der Waals surface area contributed by atoms with Gasteiger partial charge in [-0.2, -0.15) is 0 Å². The summed E-state index contributed by atoms with van der Waals surface area (Å²) in [6, 6.07) is 1.98. The van der Waals surface area contributed by atoms with E-state index in [0.717, 1.165) is 0 Å². The third-order valence-corrected chi connectivity index (χ3v) is 3.63. The van der Waals surface area contributed by atoms with E-state index in [2.05, 4.69) is 10.6 Å². The molecule has 1 aliphatic rings. The number of nitrogens with two attached hydrogens (primary N) is 1. The van der Waals surface area contributed by atoms with Crippen LogP contribution in [0.3, 0.4) is 0 Å². The number of allylic oxidation sites excluding steroid dienone is 1. The molecule has 2 rings (SSSR count). The van der Waals surface area contributed by atoms with E-state index >= 15 is 0 Å². The monoisotopic (exact) mass is 331 g/mol. The highest BCUT2D eigenvalue weighted by molar-refractivity contribution is 6.10. The fourth-order valence-corrected chi connectivity index (χ4v) is 2.45. The first-order valence-electron chi connectivity index (χ1n) is 7.28. The van der Waals surface area contributed by atoms with Crippen molar-refractivity contribution < 1.29 is 24.3 Å². The van der Waals surface area contributed by atoms with Gasteiger partial charge >= 0.3 is 5.97 Å². The SMILES string of the molecule is C/C=C\c1ccc(C(=O)NC2CCC(=O)NC2=O)c(C(=O)O)c1N. The number of anilines is 1. The number of aromatic carboxylic acids is 1. The summed E-state index contributed by atoms with van der Waals surface area (Å²) in [5.74, 6) is -3.10. The summed E-state index contributed by atoms with van der Waals surface area (Å²) in [7, 11) is 0. The molecule has 1 unspecified atom stereocenters. The van der Waals surface area contributed by atoms with Crippen molar-refractivity contribution in [3.05, 3.63) is 34.9 Å². The van der Waals surface area contributed by atoms with Gasteiger partial charge in [-0.3, -0.25) is 19.7 Å². The molecule has 126 valence electrons. The van der Waals surface area contributed by atoms with E-state index in [1.54, 1.807) is 19.1 Å². The molecule has 0 spiro atoms. The van der Waals surface area contributed by atoms with Gasteiger partial charge in [0.2, 0.25) is 11.8 Å². The molecular formula is C16H17N3O5. The zero-order valence-corrected chi connectivity index (χ0v) is 13.0. The minimum atomic E-state index is -1.34. The molecule has 0 aromatic heterocycles. The highest BCUT2D eigenvalue weighted by Crippen LogP contribution is 2.24. The Kier molecular flexibility index (Phi) is 4.98. The van der Waals surface area contributed by atoms with Crippen LogP contribution in [0.4, 0.5) is 5.69 Å². The summed E-state index contributed by atoms with van der Waals surface area (Å²) in [5.41, 5.74) is 5.84. The number of benzene rings is 1. The van der Waals surface area contributed by atoms with Crippen LogP contribution in [0.1, 0.15) is 46.0 Å². The Labute approximate surface area is 137 Å². The maximum absolute atomic E-state index is 12.4. The third-order valence-electron chi connectivity index (χ3n) is 3.63. The molecule has 1 aliphatic heterocycles. The van der Waals surface area contributed by atoms with E-state index in [0.29, 0.717) is 5.56 Å². The largest absolute Gasteiger partial charge is 0.478 e. The van der Waals surface area contributed by atoms with Gasteiger partial charge in [0.1, 0.15) is 6.04 Å². The summed E-state index contributed by atoms with van der Waals surface area (Å²) in [6.45, 7) is 1.75. The molecule has 3 amide bonds. The van der Waals surface area contributed by atoms with E-state index in [9.17, 15) is 24.3 Å². The number of imide groups is 1. The Morgan fingerprint density at radius 3 is 2.67 bits per heavy atom. The van der Waals surface area contributed by atoms with Crippen LogP contribution in [0.5, 0.6) is 0 Å². The normalized spacial score (nSPS) is 17.6. The van der Waals surface area contributed by atoms with E-state index < -0.39 is 29.7 Å². The van der Waals surface area contributed by atoms with Crippen molar-refractivity contribution in [1.29, 1.82) is 0 Å². The first kappa shape index (κ1) is 17.2. The number of piperidine rings is 1. The summed E-state index contributed by atoms with van der Waals surface area (Å²) < 4.78 is 0. The molecule has 1 atom stereocenters. The molecule has 5 N–H and O–H groups in total. The predicted molar refractivity (Wildman–Crippen MR) is 86.2 cm³/mol. The quantitative estimate of drug-likeness (QED) is 0.469. The van der Waals surface area contributed by atoms with Crippen LogP contribution >= 0.6 is 0 Å². The highest BCUT2D eigenvalue weighted by Gasteiger charge is 2.30. The van der Waals surface area contributed by atoms with Crippen LogP contribution in [0, 0.1) is 0 Å². The summed E-state index contributed by atoms with van der Waals surface area (Å²) in [6.07, 6.45) is 3.58. The maximum atomic E-state index is 12.4. The van der Waals surface area contributed by atoms with E-state index in [4.69, 9.17) is 5.73 Å². The third kappa shape index (κ3) is 3.43. The van der Waals surface area contributed by atoms with Gasteiger partial charge in [-0.05, 0) is 25.0 Å². The molecule has 0 saturated carbocycles. The lowest BCUT2D eigenvalue weighted by Gasteiger charge is -2.22. The summed E-state index contributed by atoms with van der Waals surface area (Å²) >= 11 is 0. The number of hydrogen-bond donors (Lipinski definition) is 4. The number of amides is 3. The zero-order chi connectivity index (χ0) is 17.9. The fraction of sp³-hybridized carbons (Fsp3) is 0.250. The smallest absolute Gasteiger partial charge is 0.338 e. The van der Waals surface area contributed by atoms with Crippen molar-refractivity contribution in [2.75, 3.05) is 5.73 Å². The van der Waals surface area contributed by atoms with Gasteiger partial charge in [0.25, 0.3) is 5.91 Å². The Bertz CT molecular complexity index is 754. The maximum Gasteiger partial charge on any atom is 0.338 e. The van der Waals surface area contributed by atoms with Crippen LogP contribution in [-0.2, 0) is 9.59 Å². The first-order valence-corrected chi connectivity index (χ1v) is 7.28.